The van der Waals surface area contributed by atoms with Crippen molar-refractivity contribution in [1.82, 2.24) is 29.8 Å². The van der Waals surface area contributed by atoms with Crippen molar-refractivity contribution in [3.8, 4) is 11.1 Å². The predicted molar refractivity (Wildman–Crippen MR) is 132 cm³/mol. The molecule has 0 radical (unpaired) electrons. The van der Waals surface area contributed by atoms with E-state index in [1.165, 1.54) is 50.9 Å². The van der Waals surface area contributed by atoms with Crippen molar-refractivity contribution >= 4 is 17.2 Å². The first-order valence-electron chi connectivity index (χ1n) is 12.6. The summed E-state index contributed by atoms with van der Waals surface area (Å²) in [5.41, 5.74) is 4.28. The molecule has 8 heteroatoms. The van der Waals surface area contributed by atoms with Crippen LogP contribution in [0.4, 0.5) is 11.5 Å². The van der Waals surface area contributed by atoms with Crippen LogP contribution in [0.1, 0.15) is 32.1 Å². The van der Waals surface area contributed by atoms with Crippen molar-refractivity contribution in [2.75, 3.05) is 62.2 Å². The summed E-state index contributed by atoms with van der Waals surface area (Å²) in [7, 11) is 0. The zero-order valence-corrected chi connectivity index (χ0v) is 19.4. The number of nitrogens with one attached hydrogen (secondary N) is 1. The van der Waals surface area contributed by atoms with E-state index in [-0.39, 0.29) is 0 Å². The lowest BCUT2D eigenvalue weighted by molar-refractivity contribution is 0.150. The van der Waals surface area contributed by atoms with Crippen LogP contribution in [-0.2, 0) is 0 Å². The van der Waals surface area contributed by atoms with E-state index in [1.54, 1.807) is 0 Å². The molecule has 33 heavy (non-hydrogen) atoms. The quantitative estimate of drug-likeness (QED) is 0.661. The fourth-order valence-electron chi connectivity index (χ4n) is 5.65. The molecule has 1 N–H and O–H groups in total. The van der Waals surface area contributed by atoms with Crippen LogP contribution in [0.5, 0.6) is 0 Å². The fourth-order valence-corrected chi connectivity index (χ4v) is 5.65. The molecule has 0 aliphatic carbocycles. The molecule has 0 aromatic carbocycles. The van der Waals surface area contributed by atoms with Crippen LogP contribution < -0.4 is 15.1 Å². The first-order valence-corrected chi connectivity index (χ1v) is 12.6. The van der Waals surface area contributed by atoms with Gasteiger partial charge >= 0.3 is 0 Å². The minimum atomic E-state index is 0.720. The number of hydrogen-bond acceptors (Lipinski definition) is 7. The van der Waals surface area contributed by atoms with Gasteiger partial charge < -0.3 is 15.1 Å². The van der Waals surface area contributed by atoms with Crippen molar-refractivity contribution in [2.24, 2.45) is 0 Å². The van der Waals surface area contributed by atoms with Gasteiger partial charge in [-0.05, 0) is 49.8 Å². The van der Waals surface area contributed by atoms with Crippen LogP contribution in [0.3, 0.4) is 0 Å². The number of rotatable bonds is 4. The van der Waals surface area contributed by atoms with Gasteiger partial charge in [-0.15, -0.1) is 0 Å². The van der Waals surface area contributed by atoms with Gasteiger partial charge in [0.25, 0.3) is 0 Å². The number of hydrogen-bond donors (Lipinski definition) is 1. The third-order valence-electron chi connectivity index (χ3n) is 7.58. The van der Waals surface area contributed by atoms with Crippen molar-refractivity contribution in [3.05, 3.63) is 36.9 Å². The molecule has 6 heterocycles. The molecule has 3 saturated heterocycles. The van der Waals surface area contributed by atoms with Crippen LogP contribution in [0, 0.1) is 0 Å². The number of fused-ring (bicyclic) bond motifs is 1. The maximum absolute atomic E-state index is 4.85. The molecule has 3 aliphatic rings. The Bertz CT molecular complexity index is 1070. The van der Waals surface area contributed by atoms with Gasteiger partial charge in [0.1, 0.15) is 5.82 Å². The minimum absolute atomic E-state index is 0.720. The van der Waals surface area contributed by atoms with Gasteiger partial charge in [-0.25, -0.2) is 14.5 Å². The Labute approximate surface area is 195 Å². The number of piperazine rings is 1. The molecule has 8 nitrogen and oxygen atoms in total. The summed E-state index contributed by atoms with van der Waals surface area (Å²) >= 11 is 0. The monoisotopic (exact) mass is 446 g/mol. The maximum atomic E-state index is 4.85. The van der Waals surface area contributed by atoms with E-state index in [0.717, 1.165) is 67.9 Å². The zero-order chi connectivity index (χ0) is 22.0. The van der Waals surface area contributed by atoms with Crippen molar-refractivity contribution in [1.29, 1.82) is 0 Å². The first-order chi connectivity index (χ1) is 16.3. The van der Waals surface area contributed by atoms with Crippen LogP contribution >= 0.6 is 0 Å². The Kier molecular flexibility index (Phi) is 5.86. The van der Waals surface area contributed by atoms with Gasteiger partial charge in [-0.1, -0.05) is 0 Å². The maximum Gasteiger partial charge on any atom is 0.162 e. The minimum Gasteiger partial charge on any atom is -0.369 e. The predicted octanol–water partition coefficient (Wildman–Crippen LogP) is 2.66. The number of nitrogens with zero attached hydrogens (tertiary/aromatic N) is 7. The Morgan fingerprint density at radius 1 is 0.848 bits per heavy atom. The second-order valence-electron chi connectivity index (χ2n) is 9.59. The molecule has 0 saturated carbocycles. The Balaban J connectivity index is 1.18. The number of aromatic nitrogens is 4. The third kappa shape index (κ3) is 4.29. The van der Waals surface area contributed by atoms with E-state index < -0.39 is 0 Å². The molecule has 3 fully saturated rings. The number of piperidine rings is 2. The molecule has 0 spiro atoms. The molecule has 0 bridgehead atoms. The molecule has 3 aliphatic heterocycles. The fraction of sp³-hybridized carbons (Fsp3) is 0.560. The Morgan fingerprint density at radius 2 is 1.67 bits per heavy atom. The number of anilines is 2. The summed E-state index contributed by atoms with van der Waals surface area (Å²) in [5.74, 6) is 1.07. The van der Waals surface area contributed by atoms with E-state index in [9.17, 15) is 0 Å². The highest BCUT2D eigenvalue weighted by Gasteiger charge is 2.26. The zero-order valence-electron chi connectivity index (χ0n) is 19.4. The van der Waals surface area contributed by atoms with Gasteiger partial charge in [0.05, 0.1) is 24.3 Å². The molecular formula is C25H34N8. The molecule has 174 valence electrons. The summed E-state index contributed by atoms with van der Waals surface area (Å²) in [4.78, 5) is 17.0. The SMILES string of the molecule is c1cc(-c2cnn3cc(N4CCC(N5CCNCC5)CC4)cnc23)cc(N2CCCCC2)n1. The highest BCUT2D eigenvalue weighted by molar-refractivity contribution is 5.78. The summed E-state index contributed by atoms with van der Waals surface area (Å²) in [6, 6.07) is 4.98. The number of pyridine rings is 1. The smallest absolute Gasteiger partial charge is 0.162 e. The van der Waals surface area contributed by atoms with E-state index in [2.05, 4.69) is 48.4 Å². The molecule has 0 amide bonds. The molecule has 6 rings (SSSR count). The van der Waals surface area contributed by atoms with E-state index in [4.69, 9.17) is 4.98 Å². The van der Waals surface area contributed by atoms with Crippen molar-refractivity contribution in [2.45, 2.75) is 38.1 Å². The summed E-state index contributed by atoms with van der Waals surface area (Å²) in [5, 5.41) is 8.12. The summed E-state index contributed by atoms with van der Waals surface area (Å²) in [6.07, 6.45) is 14.3. The second-order valence-corrected chi connectivity index (χ2v) is 9.59. The van der Waals surface area contributed by atoms with E-state index in [1.807, 2.05) is 23.1 Å². The lowest BCUT2D eigenvalue weighted by atomic mass is 10.0. The van der Waals surface area contributed by atoms with Crippen LogP contribution in [0.2, 0.25) is 0 Å². The van der Waals surface area contributed by atoms with Crippen LogP contribution in [-0.4, -0.2) is 82.9 Å². The third-order valence-corrected chi connectivity index (χ3v) is 7.58. The lowest BCUT2D eigenvalue weighted by Gasteiger charge is -2.40. The highest BCUT2D eigenvalue weighted by atomic mass is 15.3. The Morgan fingerprint density at radius 3 is 2.48 bits per heavy atom. The largest absolute Gasteiger partial charge is 0.369 e. The summed E-state index contributed by atoms with van der Waals surface area (Å²) < 4.78 is 1.94. The van der Waals surface area contributed by atoms with E-state index in [0.29, 0.717) is 0 Å². The van der Waals surface area contributed by atoms with Gasteiger partial charge in [0.15, 0.2) is 5.65 Å². The normalized spacial score (nSPS) is 21.1. The molecule has 0 atom stereocenters. The summed E-state index contributed by atoms with van der Waals surface area (Å²) in [6.45, 7) is 8.97. The molecule has 3 aromatic rings. The van der Waals surface area contributed by atoms with Crippen LogP contribution in [0.15, 0.2) is 36.9 Å². The van der Waals surface area contributed by atoms with E-state index >= 15 is 0 Å². The average molecular weight is 447 g/mol. The van der Waals surface area contributed by atoms with Gasteiger partial charge in [0, 0.05) is 70.2 Å². The van der Waals surface area contributed by atoms with Gasteiger partial charge in [0.2, 0.25) is 0 Å². The Hall–Kier alpha value is -2.71. The van der Waals surface area contributed by atoms with Crippen molar-refractivity contribution < 1.29 is 0 Å². The first kappa shape index (κ1) is 20.9. The highest BCUT2D eigenvalue weighted by Crippen LogP contribution is 2.29. The van der Waals surface area contributed by atoms with Crippen LogP contribution in [0.25, 0.3) is 16.8 Å². The van der Waals surface area contributed by atoms with Crippen molar-refractivity contribution in [3.63, 3.8) is 0 Å². The molecule has 3 aromatic heterocycles. The average Bonchev–Trinajstić information content (AvgIpc) is 3.33. The van der Waals surface area contributed by atoms with Gasteiger partial charge in [-0.3, -0.25) is 4.90 Å². The topological polar surface area (TPSA) is 64.8 Å². The second kappa shape index (κ2) is 9.27. The standard InChI is InChI=1S/C25H34N8/c1-2-10-32(11-3-1)24-16-20(4-7-27-24)23-18-29-33-19-22(17-28-25(23)33)30-12-5-21(6-13-30)31-14-8-26-9-15-31/h4,7,16-19,21,26H,1-3,5-6,8-15H2. The molecular weight excluding hydrogens is 412 g/mol. The van der Waals surface area contributed by atoms with Gasteiger partial charge in [-0.2, -0.15) is 5.10 Å². The molecule has 0 unspecified atom stereocenters. The lowest BCUT2D eigenvalue weighted by Crippen LogP contribution is -2.52.